The molecule has 0 atom stereocenters. The van der Waals surface area contributed by atoms with Crippen LogP contribution in [0.2, 0.25) is 5.02 Å². The van der Waals surface area contributed by atoms with E-state index < -0.39 is 0 Å². The fraction of sp³-hybridized carbons (Fsp3) is 0.536. The van der Waals surface area contributed by atoms with E-state index >= 15 is 0 Å². The molecule has 5 nitrogen and oxygen atoms in total. The summed E-state index contributed by atoms with van der Waals surface area (Å²) in [6.45, 7) is 4.92. The predicted octanol–water partition coefficient (Wildman–Crippen LogP) is 7.02. The number of hydrogen-bond donors (Lipinski definition) is 0. The summed E-state index contributed by atoms with van der Waals surface area (Å²) in [7, 11) is 4.17. The van der Waals surface area contributed by atoms with Crippen LogP contribution in [0.1, 0.15) is 48.9 Å². The van der Waals surface area contributed by atoms with E-state index in [0.29, 0.717) is 0 Å². The van der Waals surface area contributed by atoms with E-state index in [2.05, 4.69) is 53.3 Å². The van der Waals surface area contributed by atoms with Crippen LogP contribution in [0.25, 0.3) is 11.0 Å². The van der Waals surface area contributed by atoms with E-state index in [1.165, 1.54) is 37.7 Å². The Morgan fingerprint density at radius 3 is 2.39 bits per heavy atom. The summed E-state index contributed by atoms with van der Waals surface area (Å²) in [5.74, 6) is 2.42. The van der Waals surface area contributed by atoms with Gasteiger partial charge in [-0.2, -0.15) is 0 Å². The molecule has 1 aliphatic heterocycles. The fourth-order valence-electron chi connectivity index (χ4n) is 4.99. The number of nitrogens with zero attached hydrogens (tertiary/aromatic N) is 3. The maximum Gasteiger partial charge on any atom is 0.175 e. The molecule has 36 heavy (non-hydrogen) atoms. The third-order valence-electron chi connectivity index (χ3n) is 7.24. The minimum Gasteiger partial charge on any atom is -0.493 e. The van der Waals surface area contributed by atoms with Crippen molar-refractivity contribution >= 4 is 47.4 Å². The summed E-state index contributed by atoms with van der Waals surface area (Å²) in [5.41, 5.74) is 4.45. The van der Waals surface area contributed by atoms with Gasteiger partial charge in [-0.05, 0) is 107 Å². The Hall–Kier alpha value is -1.50. The highest BCUT2D eigenvalue weighted by molar-refractivity contribution is 6.30. The van der Waals surface area contributed by atoms with Crippen LogP contribution in [0, 0.1) is 11.8 Å². The Bertz CT molecular complexity index is 1090. The number of ether oxygens (including phenoxy) is 1. The van der Waals surface area contributed by atoms with Crippen LogP contribution in [0.4, 0.5) is 0 Å². The number of aromatic nitrogens is 1. The Morgan fingerprint density at radius 1 is 1.00 bits per heavy atom. The summed E-state index contributed by atoms with van der Waals surface area (Å²) in [4.78, 5) is 4.72. The van der Waals surface area contributed by atoms with Gasteiger partial charge in [0.15, 0.2) is 5.58 Å². The molecule has 2 aliphatic rings. The van der Waals surface area contributed by atoms with E-state index in [-0.39, 0.29) is 24.8 Å². The lowest BCUT2D eigenvalue weighted by Gasteiger charge is -2.32. The Balaban J connectivity index is 0.00000180. The van der Waals surface area contributed by atoms with Gasteiger partial charge in [-0.15, -0.1) is 24.8 Å². The lowest BCUT2D eigenvalue weighted by molar-refractivity contribution is 0.172. The van der Waals surface area contributed by atoms with Crippen LogP contribution < -0.4 is 4.74 Å². The number of likely N-dealkylation sites (tertiary alicyclic amines) is 1. The molecule has 1 aliphatic carbocycles. The second kappa shape index (κ2) is 13.3. The molecule has 198 valence electrons. The summed E-state index contributed by atoms with van der Waals surface area (Å²) < 4.78 is 12.1. The first-order valence-electron chi connectivity index (χ1n) is 12.7. The summed E-state index contributed by atoms with van der Waals surface area (Å²) >= 11 is 6.02. The van der Waals surface area contributed by atoms with Crippen LogP contribution in [0.3, 0.4) is 0 Å². The van der Waals surface area contributed by atoms with Gasteiger partial charge < -0.3 is 14.2 Å². The van der Waals surface area contributed by atoms with Crippen molar-refractivity contribution in [2.24, 2.45) is 11.8 Å². The molecule has 1 aromatic heterocycles. The first-order chi connectivity index (χ1) is 16.5. The molecule has 8 heteroatoms. The Labute approximate surface area is 232 Å². The van der Waals surface area contributed by atoms with Crippen LogP contribution in [-0.4, -0.2) is 48.7 Å². The monoisotopic (exact) mass is 553 g/mol. The second-order valence-corrected chi connectivity index (χ2v) is 10.9. The van der Waals surface area contributed by atoms with Gasteiger partial charge in [-0.1, -0.05) is 28.9 Å². The highest BCUT2D eigenvalue weighted by Crippen LogP contribution is 2.35. The Morgan fingerprint density at radius 2 is 1.72 bits per heavy atom. The van der Waals surface area contributed by atoms with Crippen LogP contribution in [0.15, 0.2) is 40.9 Å². The molecule has 0 amide bonds. The third-order valence-corrected chi connectivity index (χ3v) is 7.49. The van der Waals surface area contributed by atoms with Crippen molar-refractivity contribution in [2.75, 3.05) is 33.8 Å². The predicted molar refractivity (Wildman–Crippen MR) is 152 cm³/mol. The minimum atomic E-state index is 0. The van der Waals surface area contributed by atoms with Gasteiger partial charge in [-0.3, -0.25) is 4.90 Å². The number of benzene rings is 2. The minimum absolute atomic E-state index is 0. The normalized spacial score (nSPS) is 16.7. The molecule has 2 aromatic carbocycles. The number of halogens is 3. The molecule has 0 radical (unpaired) electrons. The lowest BCUT2D eigenvalue weighted by Crippen LogP contribution is -2.33. The molecule has 1 saturated heterocycles. The molecule has 0 N–H and O–H groups in total. The summed E-state index contributed by atoms with van der Waals surface area (Å²) in [6, 6.07) is 12.5. The number of piperidine rings is 1. The molecular formula is C28H38Cl3N3O2. The van der Waals surface area contributed by atoms with Crippen molar-refractivity contribution < 1.29 is 9.26 Å². The topological polar surface area (TPSA) is 41.7 Å². The molecular weight excluding hydrogens is 517 g/mol. The van der Waals surface area contributed by atoms with Crippen LogP contribution in [-0.2, 0) is 19.5 Å². The zero-order valence-corrected chi connectivity index (χ0v) is 23.6. The maximum absolute atomic E-state index is 6.17. The first-order valence-corrected chi connectivity index (χ1v) is 13.1. The van der Waals surface area contributed by atoms with Crippen LogP contribution >= 0.6 is 36.4 Å². The highest BCUT2D eigenvalue weighted by atomic mass is 35.5. The number of rotatable bonds is 10. The van der Waals surface area contributed by atoms with E-state index in [1.54, 1.807) is 0 Å². The quantitative estimate of drug-likeness (QED) is 0.269. The van der Waals surface area contributed by atoms with E-state index in [9.17, 15) is 0 Å². The molecule has 0 unspecified atom stereocenters. The van der Waals surface area contributed by atoms with Gasteiger partial charge in [0.2, 0.25) is 0 Å². The number of hydrogen-bond acceptors (Lipinski definition) is 5. The van der Waals surface area contributed by atoms with Crippen molar-refractivity contribution in [2.45, 2.75) is 51.6 Å². The maximum atomic E-state index is 6.17. The van der Waals surface area contributed by atoms with E-state index in [0.717, 1.165) is 84.0 Å². The fourth-order valence-corrected chi connectivity index (χ4v) is 5.11. The smallest absolute Gasteiger partial charge is 0.175 e. The molecule has 2 heterocycles. The van der Waals surface area contributed by atoms with Crippen molar-refractivity contribution in [3.63, 3.8) is 0 Å². The molecule has 0 spiro atoms. The van der Waals surface area contributed by atoms with Crippen LogP contribution in [0.5, 0.6) is 5.75 Å². The number of fused-ring (bicyclic) bond motifs is 1. The average molecular weight is 555 g/mol. The first kappa shape index (κ1) is 29.1. The molecule has 3 aromatic rings. The second-order valence-electron chi connectivity index (χ2n) is 10.4. The average Bonchev–Trinajstić information content (AvgIpc) is 3.57. The number of aryl methyl sites for hydroxylation is 1. The molecule has 1 saturated carbocycles. The summed E-state index contributed by atoms with van der Waals surface area (Å²) in [5, 5.41) is 6.46. The third kappa shape index (κ3) is 7.52. The van der Waals surface area contributed by atoms with Gasteiger partial charge in [0.1, 0.15) is 5.75 Å². The van der Waals surface area contributed by atoms with E-state index in [1.807, 2.05) is 12.1 Å². The zero-order chi connectivity index (χ0) is 23.5. The summed E-state index contributed by atoms with van der Waals surface area (Å²) in [6.07, 6.45) is 7.20. The Kier molecular flexibility index (Phi) is 10.8. The highest BCUT2D eigenvalue weighted by Gasteiger charge is 2.24. The van der Waals surface area contributed by atoms with Crippen molar-refractivity contribution in [1.29, 1.82) is 0 Å². The van der Waals surface area contributed by atoms with Crippen molar-refractivity contribution in [3.8, 4) is 5.75 Å². The van der Waals surface area contributed by atoms with Gasteiger partial charge in [0.25, 0.3) is 0 Å². The standard InChI is InChI=1S/C28H36ClN3O2.2ClH/c1-31(2)18-25-27(33-19-22-3-4-22)12-10-24-26(30-34-28(24)25)11-7-20-13-15-32(16-14-20)17-21-5-8-23(29)9-6-21;;/h5-6,8-10,12,20,22H,3-4,7,11,13-19H2,1-2H3;2*1H. The lowest BCUT2D eigenvalue weighted by atomic mass is 9.91. The molecule has 5 rings (SSSR count). The van der Waals surface area contributed by atoms with Gasteiger partial charge in [0, 0.05) is 23.5 Å². The SMILES string of the molecule is CN(C)Cc1c(OCC2CC2)ccc2c(CCC3CCN(Cc4ccc(Cl)cc4)CC3)noc12.Cl.Cl. The van der Waals surface area contributed by atoms with Gasteiger partial charge >= 0.3 is 0 Å². The van der Waals surface area contributed by atoms with Gasteiger partial charge in [0.05, 0.1) is 17.9 Å². The molecule has 0 bridgehead atoms. The van der Waals surface area contributed by atoms with E-state index in [4.69, 9.17) is 20.9 Å². The molecule has 2 fully saturated rings. The zero-order valence-electron chi connectivity index (χ0n) is 21.2. The van der Waals surface area contributed by atoms with Crippen molar-refractivity contribution in [1.82, 2.24) is 15.0 Å². The van der Waals surface area contributed by atoms with Crippen molar-refractivity contribution in [3.05, 3.63) is 58.2 Å². The van der Waals surface area contributed by atoms with Gasteiger partial charge in [-0.25, -0.2) is 0 Å². The largest absolute Gasteiger partial charge is 0.493 e.